The number of aliphatic hydroxyl groups excluding tert-OH is 2. The number of hydrogen-bond acceptors (Lipinski definition) is 7. The van der Waals surface area contributed by atoms with Crippen LogP contribution in [0.2, 0.25) is 0 Å². The molecule has 4 atom stereocenters. The van der Waals surface area contributed by atoms with E-state index in [9.17, 15) is 29.4 Å². The number of nitrogens with one attached hydrogen (secondary N) is 2. The normalized spacial score (nSPS) is 18.6. The van der Waals surface area contributed by atoms with Gasteiger partial charge in [0.1, 0.15) is 5.76 Å². The Labute approximate surface area is 284 Å². The molecule has 254 valence electrons. The van der Waals surface area contributed by atoms with Crippen LogP contribution in [-0.4, -0.2) is 68.8 Å². The fourth-order valence-electron chi connectivity index (χ4n) is 6.65. The first-order chi connectivity index (χ1) is 23.8. The van der Waals surface area contributed by atoms with Crippen LogP contribution >= 0.6 is 0 Å². The van der Waals surface area contributed by atoms with E-state index in [1.807, 2.05) is 12.1 Å². The number of nitrogens with zero attached hydrogens (tertiary/aromatic N) is 2. The van der Waals surface area contributed by atoms with E-state index in [-0.39, 0.29) is 42.6 Å². The predicted octanol–water partition coefficient (Wildman–Crippen LogP) is 5.05. The molecule has 3 aromatic carbocycles. The van der Waals surface area contributed by atoms with Crippen molar-refractivity contribution in [2.45, 2.75) is 62.8 Å². The van der Waals surface area contributed by atoms with E-state index in [1.165, 1.54) is 0 Å². The van der Waals surface area contributed by atoms with Crippen molar-refractivity contribution in [1.29, 1.82) is 0 Å². The summed E-state index contributed by atoms with van der Waals surface area (Å²) in [4.78, 5) is 55.0. The molecule has 0 bridgehead atoms. The molecule has 0 saturated carbocycles. The SMILES string of the molecule is O=C(CC1CCCN1C(=O)[C@H](O)c1ccccc1)Nc1ccc(-c2ccc(NC(=O)CC3CCCN3C(=O)[C@H](O)c3ccccc3)o2)cc1. The first-order valence-corrected chi connectivity index (χ1v) is 16.6. The number of aliphatic hydroxyl groups is 2. The third-order valence-electron chi connectivity index (χ3n) is 9.18. The number of amides is 4. The lowest BCUT2D eigenvalue weighted by Gasteiger charge is -2.26. The molecule has 4 aromatic rings. The minimum Gasteiger partial charge on any atom is -0.440 e. The highest BCUT2D eigenvalue weighted by Gasteiger charge is 2.35. The summed E-state index contributed by atoms with van der Waals surface area (Å²) < 4.78 is 5.87. The Hall–Kier alpha value is -5.26. The molecule has 2 aliphatic heterocycles. The second kappa shape index (κ2) is 15.3. The molecule has 11 heteroatoms. The Kier molecular flexibility index (Phi) is 10.5. The average molecular weight is 665 g/mol. The molecule has 49 heavy (non-hydrogen) atoms. The minimum atomic E-state index is -1.27. The highest BCUT2D eigenvalue weighted by Crippen LogP contribution is 2.29. The summed E-state index contributed by atoms with van der Waals surface area (Å²) in [7, 11) is 0. The second-order valence-corrected chi connectivity index (χ2v) is 12.5. The minimum absolute atomic E-state index is 0.0814. The number of furan rings is 1. The van der Waals surface area contributed by atoms with Crippen LogP contribution in [-0.2, 0) is 19.2 Å². The standard InChI is InChI=1S/C38H40N4O7/c43-32(23-29-13-7-21-41(29)37(47)35(45)26-9-3-1-4-10-26)39-28-17-15-25(16-18-28)31-19-20-34(49-31)40-33(44)24-30-14-8-22-42(30)38(48)36(46)27-11-5-2-6-12-27/h1-6,9-12,15-20,29-30,35-36,45-46H,7-8,13-14,21-24H2,(H,39,43)(H,40,44)/t29?,30?,35-,36-/m1/s1. The molecule has 2 saturated heterocycles. The second-order valence-electron chi connectivity index (χ2n) is 12.5. The Morgan fingerprint density at radius 3 is 1.65 bits per heavy atom. The fourth-order valence-corrected chi connectivity index (χ4v) is 6.65. The van der Waals surface area contributed by atoms with Crippen LogP contribution < -0.4 is 10.6 Å². The molecule has 0 spiro atoms. The third-order valence-corrected chi connectivity index (χ3v) is 9.18. The van der Waals surface area contributed by atoms with E-state index in [0.717, 1.165) is 18.4 Å². The maximum Gasteiger partial charge on any atom is 0.256 e. The van der Waals surface area contributed by atoms with E-state index >= 15 is 0 Å². The van der Waals surface area contributed by atoms with Gasteiger partial charge >= 0.3 is 0 Å². The van der Waals surface area contributed by atoms with Crippen molar-refractivity contribution in [3.8, 4) is 11.3 Å². The zero-order valence-corrected chi connectivity index (χ0v) is 27.0. The molecule has 2 aliphatic rings. The maximum absolute atomic E-state index is 13.0. The summed E-state index contributed by atoms with van der Waals surface area (Å²) >= 11 is 0. The van der Waals surface area contributed by atoms with Crippen LogP contribution in [0.4, 0.5) is 11.6 Å². The predicted molar refractivity (Wildman–Crippen MR) is 183 cm³/mol. The van der Waals surface area contributed by atoms with Crippen molar-refractivity contribution >= 4 is 35.2 Å². The Bertz CT molecular complexity index is 1760. The van der Waals surface area contributed by atoms with Gasteiger partial charge in [0.05, 0.1) is 0 Å². The lowest BCUT2D eigenvalue weighted by atomic mass is 10.1. The van der Waals surface area contributed by atoms with Gasteiger partial charge < -0.3 is 29.7 Å². The average Bonchev–Trinajstić information content (AvgIpc) is 3.90. The van der Waals surface area contributed by atoms with E-state index in [2.05, 4.69) is 10.6 Å². The molecule has 0 aliphatic carbocycles. The van der Waals surface area contributed by atoms with E-state index in [0.29, 0.717) is 48.5 Å². The summed E-state index contributed by atoms with van der Waals surface area (Å²) in [5.74, 6) is -0.536. The third kappa shape index (κ3) is 8.07. The van der Waals surface area contributed by atoms with Crippen molar-refractivity contribution in [3.05, 3.63) is 108 Å². The number of anilines is 2. The molecule has 4 amide bonds. The van der Waals surface area contributed by atoms with Gasteiger partial charge in [0, 0.05) is 55.3 Å². The number of hydrogen-bond donors (Lipinski definition) is 4. The van der Waals surface area contributed by atoms with Gasteiger partial charge in [-0.1, -0.05) is 60.7 Å². The van der Waals surface area contributed by atoms with E-state index in [1.54, 1.807) is 94.7 Å². The van der Waals surface area contributed by atoms with Gasteiger partial charge in [0.15, 0.2) is 18.1 Å². The van der Waals surface area contributed by atoms with Gasteiger partial charge in [-0.05, 0) is 67.1 Å². The quantitative estimate of drug-likeness (QED) is 0.175. The Morgan fingerprint density at radius 1 is 0.653 bits per heavy atom. The maximum atomic E-state index is 13.0. The smallest absolute Gasteiger partial charge is 0.256 e. The molecule has 4 N–H and O–H groups in total. The largest absolute Gasteiger partial charge is 0.440 e. The van der Waals surface area contributed by atoms with Gasteiger partial charge in [-0.3, -0.25) is 24.5 Å². The molecule has 11 nitrogen and oxygen atoms in total. The number of likely N-dealkylation sites (tertiary alicyclic amines) is 2. The van der Waals surface area contributed by atoms with Crippen LogP contribution in [0.3, 0.4) is 0 Å². The fraction of sp³-hybridized carbons (Fsp3) is 0.316. The summed E-state index contributed by atoms with van der Waals surface area (Å²) in [6.45, 7) is 0.984. The van der Waals surface area contributed by atoms with Gasteiger partial charge in [-0.25, -0.2) is 0 Å². The zero-order valence-electron chi connectivity index (χ0n) is 27.0. The molecule has 2 unspecified atom stereocenters. The molecule has 1 aromatic heterocycles. The number of benzene rings is 3. The molecule has 6 rings (SSSR count). The van der Waals surface area contributed by atoms with Gasteiger partial charge in [0.25, 0.3) is 11.8 Å². The van der Waals surface area contributed by atoms with Crippen LogP contribution in [0, 0.1) is 0 Å². The van der Waals surface area contributed by atoms with Gasteiger partial charge in [0.2, 0.25) is 11.8 Å². The Balaban J connectivity index is 0.988. The van der Waals surface area contributed by atoms with Gasteiger partial charge in [-0.2, -0.15) is 0 Å². The first-order valence-electron chi connectivity index (χ1n) is 16.6. The summed E-state index contributed by atoms with van der Waals surface area (Å²) in [5, 5.41) is 26.9. The molecule has 0 radical (unpaired) electrons. The topological polar surface area (TPSA) is 152 Å². The van der Waals surface area contributed by atoms with Crippen molar-refractivity contribution in [3.63, 3.8) is 0 Å². The van der Waals surface area contributed by atoms with E-state index in [4.69, 9.17) is 4.42 Å². The number of carbonyl (C=O) groups excluding carboxylic acids is 4. The van der Waals surface area contributed by atoms with Crippen LogP contribution in [0.1, 0.15) is 61.9 Å². The van der Waals surface area contributed by atoms with Crippen molar-refractivity contribution in [2.75, 3.05) is 23.7 Å². The van der Waals surface area contributed by atoms with Crippen LogP contribution in [0.5, 0.6) is 0 Å². The van der Waals surface area contributed by atoms with Crippen molar-refractivity contribution in [1.82, 2.24) is 9.80 Å². The van der Waals surface area contributed by atoms with Crippen LogP contribution in [0.15, 0.2) is 101 Å². The highest BCUT2D eigenvalue weighted by atomic mass is 16.4. The zero-order chi connectivity index (χ0) is 34.3. The lowest BCUT2D eigenvalue weighted by Crippen LogP contribution is -2.40. The first kappa shape index (κ1) is 33.6. The van der Waals surface area contributed by atoms with Gasteiger partial charge in [-0.15, -0.1) is 0 Å². The highest BCUT2D eigenvalue weighted by molar-refractivity contribution is 5.93. The van der Waals surface area contributed by atoms with Crippen molar-refractivity contribution in [2.24, 2.45) is 0 Å². The molecular formula is C38H40N4O7. The Morgan fingerprint density at radius 2 is 1.14 bits per heavy atom. The van der Waals surface area contributed by atoms with Crippen molar-refractivity contribution < 1.29 is 33.8 Å². The molecule has 2 fully saturated rings. The molecule has 3 heterocycles. The van der Waals surface area contributed by atoms with Crippen LogP contribution in [0.25, 0.3) is 11.3 Å². The summed E-state index contributed by atoms with van der Waals surface area (Å²) in [6, 6.07) is 27.4. The number of rotatable bonds is 11. The van der Waals surface area contributed by atoms with E-state index < -0.39 is 24.0 Å². The monoisotopic (exact) mass is 664 g/mol. The number of carbonyl (C=O) groups is 4. The lowest BCUT2D eigenvalue weighted by molar-refractivity contribution is -0.142. The molecular weight excluding hydrogens is 624 g/mol. The summed E-state index contributed by atoms with van der Waals surface area (Å²) in [6.07, 6.45) is 0.543. The summed E-state index contributed by atoms with van der Waals surface area (Å²) in [5.41, 5.74) is 2.37.